The molecule has 1 aliphatic rings. The van der Waals surface area contributed by atoms with Crippen LogP contribution in [0.5, 0.6) is 5.75 Å². The van der Waals surface area contributed by atoms with E-state index in [1.165, 1.54) is 13.2 Å². The van der Waals surface area contributed by atoms with Crippen LogP contribution in [0.15, 0.2) is 16.6 Å². The maximum Gasteiger partial charge on any atom is 0.141 e. The quantitative estimate of drug-likeness (QED) is 0.906. The van der Waals surface area contributed by atoms with Crippen LogP contribution in [0, 0.1) is 17.7 Å². The second-order valence-corrected chi connectivity index (χ2v) is 6.29. The van der Waals surface area contributed by atoms with Gasteiger partial charge in [0.1, 0.15) is 11.6 Å². The van der Waals surface area contributed by atoms with Gasteiger partial charge in [0.15, 0.2) is 0 Å². The smallest absolute Gasteiger partial charge is 0.141 e. The first-order chi connectivity index (χ1) is 9.36. The third-order valence-electron chi connectivity index (χ3n) is 4.27. The summed E-state index contributed by atoms with van der Waals surface area (Å²) in [7, 11) is 1.47. The number of aliphatic hydroxyl groups excluding tert-OH is 1. The minimum absolute atomic E-state index is 0.0451. The Labute approximate surface area is 127 Å². The Balaban J connectivity index is 2.38. The molecule has 5 atom stereocenters. The first-order valence-electron chi connectivity index (χ1n) is 6.73. The first kappa shape index (κ1) is 15.7. The summed E-state index contributed by atoms with van der Waals surface area (Å²) >= 11 is 3.16. The molecule has 0 amide bonds. The number of halogens is 2. The minimum atomic E-state index is -0.753. The summed E-state index contributed by atoms with van der Waals surface area (Å²) in [6.45, 7) is 6.03. The van der Waals surface area contributed by atoms with Crippen LogP contribution < -0.4 is 4.74 Å². The molecule has 0 radical (unpaired) electrons. The summed E-state index contributed by atoms with van der Waals surface area (Å²) in [5.41, 5.74) is 0.585. The lowest BCUT2D eigenvalue weighted by Crippen LogP contribution is -2.25. The van der Waals surface area contributed by atoms with E-state index in [4.69, 9.17) is 9.47 Å². The summed E-state index contributed by atoms with van der Waals surface area (Å²) < 4.78 is 24.9. The van der Waals surface area contributed by atoms with E-state index < -0.39 is 11.9 Å². The van der Waals surface area contributed by atoms with Gasteiger partial charge in [-0.1, -0.05) is 6.92 Å². The number of rotatable bonds is 3. The Bertz CT molecular complexity index is 494. The lowest BCUT2D eigenvalue weighted by Gasteiger charge is -2.26. The van der Waals surface area contributed by atoms with E-state index in [1.54, 1.807) is 6.07 Å². The molecule has 1 saturated heterocycles. The number of aliphatic hydroxyl groups is 1. The number of benzene rings is 1. The number of ether oxygens (including phenoxy) is 2. The predicted octanol–water partition coefficient (Wildman–Crippen LogP) is 3.69. The fourth-order valence-electron chi connectivity index (χ4n) is 3.00. The molecule has 0 bridgehead atoms. The van der Waals surface area contributed by atoms with Crippen molar-refractivity contribution >= 4 is 15.9 Å². The number of hydrogen-bond donors (Lipinski definition) is 1. The summed E-state index contributed by atoms with van der Waals surface area (Å²) in [6.07, 6.45) is -0.708. The van der Waals surface area contributed by atoms with Crippen molar-refractivity contribution in [1.29, 1.82) is 0 Å². The predicted molar refractivity (Wildman–Crippen MR) is 78.3 cm³/mol. The molecular formula is C15H20BrFO3. The SMILES string of the molecule is COc1cc(F)c(Br)cc1C(O)C1C(C)OC(C)C1C. The van der Waals surface area contributed by atoms with Gasteiger partial charge in [-0.15, -0.1) is 0 Å². The first-order valence-corrected chi connectivity index (χ1v) is 7.52. The highest BCUT2D eigenvalue weighted by Crippen LogP contribution is 2.43. The van der Waals surface area contributed by atoms with Crippen molar-refractivity contribution in [3.8, 4) is 5.75 Å². The molecule has 0 aromatic heterocycles. The van der Waals surface area contributed by atoms with Gasteiger partial charge in [0.05, 0.1) is 29.9 Å². The molecule has 0 saturated carbocycles. The van der Waals surface area contributed by atoms with Crippen molar-refractivity contribution in [2.45, 2.75) is 39.1 Å². The van der Waals surface area contributed by atoms with Crippen LogP contribution in [0.4, 0.5) is 4.39 Å². The average Bonchev–Trinajstić information content (AvgIpc) is 2.65. The molecule has 1 aromatic rings. The normalized spacial score (nSPS) is 31.4. The van der Waals surface area contributed by atoms with E-state index in [9.17, 15) is 9.50 Å². The summed E-state index contributed by atoms with van der Waals surface area (Å²) in [5.74, 6) is 0.122. The second kappa shape index (κ2) is 6.00. The molecule has 2 rings (SSSR count). The van der Waals surface area contributed by atoms with Crippen LogP contribution >= 0.6 is 15.9 Å². The van der Waals surface area contributed by atoms with Crippen molar-refractivity contribution in [3.63, 3.8) is 0 Å². The average molecular weight is 347 g/mol. The van der Waals surface area contributed by atoms with Crippen LogP contribution in [-0.2, 0) is 4.74 Å². The second-order valence-electron chi connectivity index (χ2n) is 5.44. The largest absolute Gasteiger partial charge is 0.496 e. The minimum Gasteiger partial charge on any atom is -0.496 e. The zero-order chi connectivity index (χ0) is 15.0. The number of methoxy groups -OCH3 is 1. The van der Waals surface area contributed by atoms with Crippen molar-refractivity contribution in [3.05, 3.63) is 28.0 Å². The molecule has 5 heteroatoms. The Hall–Kier alpha value is -0.650. The lowest BCUT2D eigenvalue weighted by molar-refractivity contribution is 0.0224. The summed E-state index contributed by atoms with van der Waals surface area (Å²) in [4.78, 5) is 0. The van der Waals surface area contributed by atoms with Crippen LogP contribution in [0.2, 0.25) is 0 Å². The van der Waals surface area contributed by atoms with Gasteiger partial charge < -0.3 is 14.6 Å². The van der Waals surface area contributed by atoms with Crippen molar-refractivity contribution in [2.24, 2.45) is 11.8 Å². The van der Waals surface area contributed by atoms with Crippen molar-refractivity contribution in [1.82, 2.24) is 0 Å². The topological polar surface area (TPSA) is 38.7 Å². The molecule has 1 heterocycles. The maximum atomic E-state index is 13.6. The molecule has 1 aliphatic heterocycles. The molecule has 1 N–H and O–H groups in total. The molecule has 112 valence electrons. The molecule has 3 nitrogen and oxygen atoms in total. The van der Waals surface area contributed by atoms with Gasteiger partial charge in [0, 0.05) is 17.5 Å². The van der Waals surface area contributed by atoms with Gasteiger partial charge in [-0.05, 0) is 41.8 Å². The summed E-state index contributed by atoms with van der Waals surface area (Å²) in [5, 5.41) is 10.7. The van der Waals surface area contributed by atoms with Gasteiger partial charge in [0.25, 0.3) is 0 Å². The van der Waals surface area contributed by atoms with Crippen molar-refractivity contribution < 1.29 is 19.0 Å². The fraction of sp³-hybridized carbons (Fsp3) is 0.600. The molecule has 0 aliphatic carbocycles. The highest BCUT2D eigenvalue weighted by atomic mass is 79.9. The molecule has 0 spiro atoms. The van der Waals surface area contributed by atoms with Gasteiger partial charge in [-0.2, -0.15) is 0 Å². The van der Waals surface area contributed by atoms with E-state index in [2.05, 4.69) is 22.9 Å². The van der Waals surface area contributed by atoms with Gasteiger partial charge >= 0.3 is 0 Å². The standard InChI is InChI=1S/C15H20BrFO3/c1-7-8(2)20-9(3)14(7)15(18)10-5-11(16)12(17)6-13(10)19-4/h5-9,14-15,18H,1-4H3. The van der Waals surface area contributed by atoms with Crippen LogP contribution in [0.25, 0.3) is 0 Å². The van der Waals surface area contributed by atoms with Crippen LogP contribution in [0.1, 0.15) is 32.4 Å². The zero-order valence-electron chi connectivity index (χ0n) is 12.1. The van der Waals surface area contributed by atoms with E-state index in [1.807, 2.05) is 13.8 Å². The Morgan fingerprint density at radius 2 is 1.95 bits per heavy atom. The monoisotopic (exact) mass is 346 g/mol. The van der Waals surface area contributed by atoms with E-state index in [0.717, 1.165) is 0 Å². The number of hydrogen-bond acceptors (Lipinski definition) is 3. The summed E-state index contributed by atoms with van der Waals surface area (Å²) in [6, 6.07) is 2.87. The Kier molecular flexibility index (Phi) is 4.72. The van der Waals surface area contributed by atoms with Gasteiger partial charge in [-0.25, -0.2) is 4.39 Å². The lowest BCUT2D eigenvalue weighted by atomic mass is 9.82. The third kappa shape index (κ3) is 2.71. The molecule has 1 fully saturated rings. The third-order valence-corrected chi connectivity index (χ3v) is 4.88. The molecule has 1 aromatic carbocycles. The zero-order valence-corrected chi connectivity index (χ0v) is 13.6. The molecular weight excluding hydrogens is 327 g/mol. The molecule has 5 unspecified atom stereocenters. The van der Waals surface area contributed by atoms with E-state index in [0.29, 0.717) is 15.8 Å². The van der Waals surface area contributed by atoms with Crippen LogP contribution in [0.3, 0.4) is 0 Å². The molecule has 20 heavy (non-hydrogen) atoms. The highest BCUT2D eigenvalue weighted by Gasteiger charge is 2.42. The van der Waals surface area contributed by atoms with E-state index >= 15 is 0 Å². The fourth-order valence-corrected chi connectivity index (χ4v) is 3.36. The van der Waals surface area contributed by atoms with E-state index in [-0.39, 0.29) is 24.0 Å². The Morgan fingerprint density at radius 1 is 1.30 bits per heavy atom. The van der Waals surface area contributed by atoms with Gasteiger partial charge in [0.2, 0.25) is 0 Å². The van der Waals surface area contributed by atoms with Crippen LogP contribution in [-0.4, -0.2) is 24.4 Å². The maximum absolute atomic E-state index is 13.6. The van der Waals surface area contributed by atoms with Gasteiger partial charge in [-0.3, -0.25) is 0 Å². The Morgan fingerprint density at radius 3 is 2.45 bits per heavy atom. The highest BCUT2D eigenvalue weighted by molar-refractivity contribution is 9.10. The van der Waals surface area contributed by atoms with Crippen molar-refractivity contribution in [2.75, 3.05) is 7.11 Å².